The lowest BCUT2D eigenvalue weighted by molar-refractivity contribution is 0.922. The Hall–Kier alpha value is -1.84. The van der Waals surface area contributed by atoms with E-state index in [2.05, 4.69) is 16.9 Å². The van der Waals surface area contributed by atoms with Crippen LogP contribution in [0.1, 0.15) is 18.9 Å². The molecule has 1 aromatic heterocycles. The number of hydrogen-bond donors (Lipinski definition) is 2. The average Bonchev–Trinajstić information content (AvgIpc) is 2.21. The van der Waals surface area contributed by atoms with E-state index in [1.807, 2.05) is 18.2 Å². The third-order valence-electron chi connectivity index (χ3n) is 2.33. The van der Waals surface area contributed by atoms with Crippen molar-refractivity contribution in [1.29, 1.82) is 0 Å². The highest BCUT2D eigenvalue weighted by Gasteiger charge is 1.99. The molecular formula is C11H12N2O2. The predicted molar refractivity (Wildman–Crippen MR) is 59.2 cm³/mol. The molecule has 0 bridgehead atoms. The number of fused-ring (bicyclic) bond motifs is 1. The highest BCUT2D eigenvalue weighted by Crippen LogP contribution is 2.10. The highest BCUT2D eigenvalue weighted by molar-refractivity contribution is 5.74. The molecule has 0 fully saturated rings. The molecule has 15 heavy (non-hydrogen) atoms. The molecule has 0 aliphatic carbocycles. The monoisotopic (exact) mass is 204 g/mol. The molecular weight excluding hydrogens is 192 g/mol. The molecule has 78 valence electrons. The van der Waals surface area contributed by atoms with Crippen molar-refractivity contribution in [1.82, 2.24) is 9.97 Å². The number of aromatic nitrogens is 2. The summed E-state index contributed by atoms with van der Waals surface area (Å²) in [6.45, 7) is 2.10. The van der Waals surface area contributed by atoms with Crippen LogP contribution < -0.4 is 11.1 Å². The second-order valence-corrected chi connectivity index (χ2v) is 3.54. The van der Waals surface area contributed by atoms with Gasteiger partial charge in [-0.1, -0.05) is 19.4 Å². The predicted octanol–water partition coefficient (Wildman–Crippen LogP) is 1.17. The first-order chi connectivity index (χ1) is 7.20. The van der Waals surface area contributed by atoms with Gasteiger partial charge in [0.2, 0.25) is 0 Å². The molecule has 0 aliphatic rings. The van der Waals surface area contributed by atoms with Gasteiger partial charge in [0, 0.05) is 0 Å². The number of aromatic amines is 2. The molecule has 1 heterocycles. The molecule has 0 aliphatic heterocycles. The zero-order chi connectivity index (χ0) is 10.8. The highest BCUT2D eigenvalue weighted by atomic mass is 16.2. The summed E-state index contributed by atoms with van der Waals surface area (Å²) in [5, 5.41) is 0. The van der Waals surface area contributed by atoms with E-state index < -0.39 is 11.1 Å². The fourth-order valence-electron chi connectivity index (χ4n) is 1.61. The maximum atomic E-state index is 11.1. The first kappa shape index (κ1) is 9.71. The summed E-state index contributed by atoms with van der Waals surface area (Å²) in [5.74, 6) is 0. The Balaban J connectivity index is 2.66. The van der Waals surface area contributed by atoms with Crippen molar-refractivity contribution >= 4 is 11.0 Å². The normalized spacial score (nSPS) is 10.7. The quantitative estimate of drug-likeness (QED) is 0.721. The van der Waals surface area contributed by atoms with E-state index in [9.17, 15) is 9.59 Å². The Labute approximate surface area is 86.0 Å². The van der Waals surface area contributed by atoms with E-state index >= 15 is 0 Å². The topological polar surface area (TPSA) is 65.7 Å². The van der Waals surface area contributed by atoms with E-state index in [-0.39, 0.29) is 0 Å². The molecule has 0 radical (unpaired) electrons. The minimum atomic E-state index is -0.606. The standard InChI is InChI=1S/C11H12N2O2/c1-2-3-7-4-5-8-9(6-7)13-11(15)10(14)12-8/h4-6H,2-3H2,1H3,(H,12,14)(H,13,15). The van der Waals surface area contributed by atoms with Crippen LogP contribution in [0.4, 0.5) is 0 Å². The Morgan fingerprint density at radius 3 is 2.40 bits per heavy atom. The van der Waals surface area contributed by atoms with Crippen molar-refractivity contribution in [3.63, 3.8) is 0 Å². The van der Waals surface area contributed by atoms with Crippen LogP contribution in [-0.2, 0) is 6.42 Å². The number of H-pyrrole nitrogens is 2. The van der Waals surface area contributed by atoms with Crippen LogP contribution in [0.25, 0.3) is 11.0 Å². The van der Waals surface area contributed by atoms with Crippen LogP contribution in [-0.4, -0.2) is 9.97 Å². The second-order valence-electron chi connectivity index (χ2n) is 3.54. The SMILES string of the molecule is CCCc1ccc2[nH]c(=O)c(=O)[nH]c2c1. The van der Waals surface area contributed by atoms with Crippen molar-refractivity contribution in [3.05, 3.63) is 44.5 Å². The van der Waals surface area contributed by atoms with E-state index in [1.165, 1.54) is 0 Å². The third kappa shape index (κ3) is 1.83. The number of aryl methyl sites for hydroxylation is 1. The molecule has 0 amide bonds. The molecule has 0 atom stereocenters. The molecule has 2 rings (SSSR count). The fourth-order valence-corrected chi connectivity index (χ4v) is 1.61. The smallest absolute Gasteiger partial charge is 0.314 e. The van der Waals surface area contributed by atoms with Gasteiger partial charge in [0.05, 0.1) is 11.0 Å². The zero-order valence-electron chi connectivity index (χ0n) is 8.46. The van der Waals surface area contributed by atoms with Gasteiger partial charge in [0.15, 0.2) is 0 Å². The van der Waals surface area contributed by atoms with Crippen LogP contribution in [0.5, 0.6) is 0 Å². The Morgan fingerprint density at radius 2 is 1.73 bits per heavy atom. The largest absolute Gasteiger partial charge is 0.316 e. The maximum absolute atomic E-state index is 11.1. The molecule has 0 saturated heterocycles. The summed E-state index contributed by atoms with van der Waals surface area (Å²) in [6, 6.07) is 5.67. The molecule has 2 aromatic rings. The first-order valence-electron chi connectivity index (χ1n) is 4.96. The Morgan fingerprint density at radius 1 is 1.07 bits per heavy atom. The summed E-state index contributed by atoms with van der Waals surface area (Å²) in [6.07, 6.45) is 2.02. The van der Waals surface area contributed by atoms with Gasteiger partial charge in [0.25, 0.3) is 0 Å². The van der Waals surface area contributed by atoms with Crippen LogP contribution in [0, 0.1) is 0 Å². The number of nitrogens with one attached hydrogen (secondary N) is 2. The lowest BCUT2D eigenvalue weighted by Crippen LogP contribution is -2.28. The third-order valence-corrected chi connectivity index (χ3v) is 2.33. The van der Waals surface area contributed by atoms with Crippen molar-refractivity contribution in [2.24, 2.45) is 0 Å². The van der Waals surface area contributed by atoms with E-state index in [0.29, 0.717) is 11.0 Å². The minimum absolute atomic E-state index is 0.601. The molecule has 4 heteroatoms. The number of hydrogen-bond acceptors (Lipinski definition) is 2. The minimum Gasteiger partial charge on any atom is -0.316 e. The molecule has 2 N–H and O–H groups in total. The van der Waals surface area contributed by atoms with Crippen LogP contribution in [0.15, 0.2) is 27.8 Å². The van der Waals surface area contributed by atoms with Crippen molar-refractivity contribution in [2.75, 3.05) is 0 Å². The fraction of sp³-hybridized carbons (Fsp3) is 0.273. The van der Waals surface area contributed by atoms with E-state index in [4.69, 9.17) is 0 Å². The number of rotatable bonds is 2. The van der Waals surface area contributed by atoms with E-state index in [0.717, 1.165) is 18.4 Å². The maximum Gasteiger partial charge on any atom is 0.314 e. The van der Waals surface area contributed by atoms with Gasteiger partial charge in [-0.15, -0.1) is 0 Å². The summed E-state index contributed by atoms with van der Waals surface area (Å²) in [7, 11) is 0. The van der Waals surface area contributed by atoms with Crippen molar-refractivity contribution in [3.8, 4) is 0 Å². The number of benzene rings is 1. The van der Waals surface area contributed by atoms with Gasteiger partial charge in [-0.25, -0.2) is 0 Å². The second kappa shape index (κ2) is 3.73. The molecule has 1 aromatic carbocycles. The Kier molecular flexibility index (Phi) is 2.41. The van der Waals surface area contributed by atoms with Gasteiger partial charge >= 0.3 is 11.1 Å². The summed E-state index contributed by atoms with van der Waals surface area (Å²) < 4.78 is 0. The summed E-state index contributed by atoms with van der Waals surface area (Å²) in [5.41, 5.74) is 1.31. The van der Waals surface area contributed by atoms with E-state index in [1.54, 1.807) is 0 Å². The van der Waals surface area contributed by atoms with Gasteiger partial charge in [-0.2, -0.15) is 0 Å². The summed E-state index contributed by atoms with van der Waals surface area (Å²) >= 11 is 0. The van der Waals surface area contributed by atoms with Gasteiger partial charge in [-0.3, -0.25) is 9.59 Å². The Bertz CT molecular complexity index is 595. The first-order valence-corrected chi connectivity index (χ1v) is 4.96. The van der Waals surface area contributed by atoms with Crippen molar-refractivity contribution in [2.45, 2.75) is 19.8 Å². The van der Waals surface area contributed by atoms with Gasteiger partial charge < -0.3 is 9.97 Å². The lowest BCUT2D eigenvalue weighted by atomic mass is 10.1. The molecule has 0 unspecified atom stereocenters. The van der Waals surface area contributed by atoms with Crippen molar-refractivity contribution < 1.29 is 0 Å². The van der Waals surface area contributed by atoms with Crippen LogP contribution in [0.3, 0.4) is 0 Å². The average molecular weight is 204 g/mol. The molecule has 0 saturated carbocycles. The molecule has 0 spiro atoms. The molecule has 4 nitrogen and oxygen atoms in total. The van der Waals surface area contributed by atoms with Crippen LogP contribution >= 0.6 is 0 Å². The summed E-state index contributed by atoms with van der Waals surface area (Å²) in [4.78, 5) is 27.2. The van der Waals surface area contributed by atoms with Crippen LogP contribution in [0.2, 0.25) is 0 Å². The lowest BCUT2D eigenvalue weighted by Gasteiger charge is -2.01. The van der Waals surface area contributed by atoms with Gasteiger partial charge in [-0.05, 0) is 24.1 Å². The van der Waals surface area contributed by atoms with Gasteiger partial charge in [0.1, 0.15) is 0 Å². The zero-order valence-corrected chi connectivity index (χ0v) is 8.46.